The van der Waals surface area contributed by atoms with Crippen molar-refractivity contribution in [2.75, 3.05) is 26.5 Å². The molecule has 1 amide bonds. The molecule has 0 bridgehead atoms. The van der Waals surface area contributed by atoms with Crippen molar-refractivity contribution in [1.82, 2.24) is 4.90 Å². The second-order valence-electron chi connectivity index (χ2n) is 5.77. The number of nitrogens with zero attached hydrogens (tertiary/aromatic N) is 1. The van der Waals surface area contributed by atoms with Crippen molar-refractivity contribution in [2.45, 2.75) is 32.7 Å². The number of nitrogens with two attached hydrogens (primary N) is 1. The fourth-order valence-electron chi connectivity index (χ4n) is 2.93. The van der Waals surface area contributed by atoms with E-state index in [1.54, 1.807) is 19.2 Å². The maximum absolute atomic E-state index is 12.8. The van der Waals surface area contributed by atoms with Crippen LogP contribution >= 0.6 is 0 Å². The van der Waals surface area contributed by atoms with Gasteiger partial charge in [0, 0.05) is 18.7 Å². The van der Waals surface area contributed by atoms with Crippen LogP contribution in [-0.4, -0.2) is 37.6 Å². The summed E-state index contributed by atoms with van der Waals surface area (Å²) >= 11 is 0. The highest BCUT2D eigenvalue weighted by Gasteiger charge is 2.29. The second-order valence-corrected chi connectivity index (χ2v) is 5.77. The average molecular weight is 292 g/mol. The molecule has 1 aliphatic rings. The molecule has 0 saturated carbocycles. The van der Waals surface area contributed by atoms with E-state index in [0.29, 0.717) is 28.7 Å². The third-order valence-electron chi connectivity index (χ3n) is 4.20. The molecular weight excluding hydrogens is 268 g/mol. The van der Waals surface area contributed by atoms with E-state index in [2.05, 4.69) is 13.8 Å². The lowest BCUT2D eigenvalue weighted by Crippen LogP contribution is -2.44. The number of anilines is 1. The number of methoxy groups -OCH3 is 2. The first-order valence-electron chi connectivity index (χ1n) is 7.30. The Balaban J connectivity index is 2.34. The van der Waals surface area contributed by atoms with Gasteiger partial charge in [-0.15, -0.1) is 0 Å². The molecule has 1 saturated heterocycles. The predicted octanol–water partition coefficient (Wildman–Crippen LogP) is 2.55. The van der Waals surface area contributed by atoms with Crippen LogP contribution in [0.5, 0.6) is 11.5 Å². The Morgan fingerprint density at radius 3 is 2.57 bits per heavy atom. The average Bonchev–Trinajstić information content (AvgIpc) is 2.47. The normalized spacial score (nSPS) is 22.0. The summed E-state index contributed by atoms with van der Waals surface area (Å²) in [7, 11) is 3.09. The summed E-state index contributed by atoms with van der Waals surface area (Å²) in [5.74, 6) is 1.64. The minimum atomic E-state index is -0.0518. The van der Waals surface area contributed by atoms with Gasteiger partial charge in [-0.25, -0.2) is 0 Å². The van der Waals surface area contributed by atoms with E-state index in [9.17, 15) is 4.79 Å². The Morgan fingerprint density at radius 1 is 1.29 bits per heavy atom. The third kappa shape index (κ3) is 3.06. The molecule has 5 nitrogen and oxygen atoms in total. The molecule has 21 heavy (non-hydrogen) atoms. The van der Waals surface area contributed by atoms with E-state index in [1.165, 1.54) is 7.11 Å². The summed E-state index contributed by atoms with van der Waals surface area (Å²) in [6, 6.07) is 3.59. The fraction of sp³-hybridized carbons (Fsp3) is 0.562. The van der Waals surface area contributed by atoms with Crippen LogP contribution in [0.1, 0.15) is 37.0 Å². The summed E-state index contributed by atoms with van der Waals surface area (Å²) in [6.45, 7) is 5.07. The van der Waals surface area contributed by atoms with Crippen molar-refractivity contribution in [3.63, 3.8) is 0 Å². The van der Waals surface area contributed by atoms with Gasteiger partial charge in [0.2, 0.25) is 0 Å². The first kappa shape index (κ1) is 15.5. The lowest BCUT2D eigenvalue weighted by atomic mass is 9.92. The van der Waals surface area contributed by atoms with Crippen molar-refractivity contribution >= 4 is 11.6 Å². The molecule has 116 valence electrons. The van der Waals surface area contributed by atoms with Gasteiger partial charge in [0.15, 0.2) is 0 Å². The van der Waals surface area contributed by atoms with Crippen LogP contribution < -0.4 is 15.2 Å². The molecule has 2 unspecified atom stereocenters. The molecule has 2 N–H and O–H groups in total. The molecule has 1 aliphatic heterocycles. The lowest BCUT2D eigenvalue weighted by Gasteiger charge is -2.36. The van der Waals surface area contributed by atoms with Crippen molar-refractivity contribution < 1.29 is 14.3 Å². The Kier molecular flexibility index (Phi) is 4.60. The number of nitrogen functional groups attached to an aromatic ring is 1. The maximum atomic E-state index is 12.8. The van der Waals surface area contributed by atoms with E-state index in [0.717, 1.165) is 19.4 Å². The largest absolute Gasteiger partial charge is 0.497 e. The van der Waals surface area contributed by atoms with Gasteiger partial charge in [0.25, 0.3) is 5.91 Å². The monoisotopic (exact) mass is 292 g/mol. The van der Waals surface area contributed by atoms with Crippen LogP contribution in [0, 0.1) is 5.92 Å². The number of benzene rings is 1. The molecule has 1 aromatic rings. The van der Waals surface area contributed by atoms with Gasteiger partial charge in [-0.2, -0.15) is 0 Å². The molecular formula is C16H24N2O3. The molecule has 2 atom stereocenters. The molecule has 2 rings (SSSR count). The van der Waals surface area contributed by atoms with Crippen molar-refractivity contribution in [3.8, 4) is 11.5 Å². The van der Waals surface area contributed by atoms with Crippen LogP contribution in [0.2, 0.25) is 0 Å². The molecule has 0 radical (unpaired) electrons. The van der Waals surface area contributed by atoms with Crippen LogP contribution in [0.4, 0.5) is 5.69 Å². The minimum Gasteiger partial charge on any atom is -0.497 e. The second kappa shape index (κ2) is 6.24. The smallest absolute Gasteiger partial charge is 0.256 e. The van der Waals surface area contributed by atoms with Gasteiger partial charge in [-0.1, -0.05) is 6.92 Å². The molecule has 1 aromatic carbocycles. The van der Waals surface area contributed by atoms with Crippen molar-refractivity contribution in [1.29, 1.82) is 0 Å². The highest BCUT2D eigenvalue weighted by Crippen LogP contribution is 2.33. The van der Waals surface area contributed by atoms with Crippen LogP contribution in [-0.2, 0) is 0 Å². The van der Waals surface area contributed by atoms with Gasteiger partial charge in [-0.05, 0) is 31.7 Å². The zero-order chi connectivity index (χ0) is 15.6. The summed E-state index contributed by atoms with van der Waals surface area (Å²) < 4.78 is 10.5. The van der Waals surface area contributed by atoms with E-state index < -0.39 is 0 Å². The third-order valence-corrected chi connectivity index (χ3v) is 4.20. The van der Waals surface area contributed by atoms with E-state index >= 15 is 0 Å². The Hall–Kier alpha value is -1.91. The zero-order valence-electron chi connectivity index (χ0n) is 13.2. The molecule has 0 spiro atoms. The fourth-order valence-corrected chi connectivity index (χ4v) is 2.93. The first-order chi connectivity index (χ1) is 9.97. The number of amides is 1. The van der Waals surface area contributed by atoms with Crippen LogP contribution in [0.15, 0.2) is 12.1 Å². The van der Waals surface area contributed by atoms with E-state index in [4.69, 9.17) is 15.2 Å². The van der Waals surface area contributed by atoms with Gasteiger partial charge in [0.05, 0.1) is 25.5 Å². The van der Waals surface area contributed by atoms with Gasteiger partial charge < -0.3 is 20.1 Å². The summed E-state index contributed by atoms with van der Waals surface area (Å²) in [6.07, 6.45) is 2.05. The standard InChI is InChI=1S/C16H24N2O3/c1-10-5-6-18(11(2)7-10)16(19)13-8-12(20-3)9-14(21-4)15(13)17/h8-11H,5-7,17H2,1-4H3. The quantitative estimate of drug-likeness (QED) is 0.870. The topological polar surface area (TPSA) is 64.8 Å². The maximum Gasteiger partial charge on any atom is 0.256 e. The summed E-state index contributed by atoms with van der Waals surface area (Å²) in [5.41, 5.74) is 6.89. The SMILES string of the molecule is COc1cc(OC)c(N)c(C(=O)N2CCC(C)CC2C)c1. The highest BCUT2D eigenvalue weighted by atomic mass is 16.5. The minimum absolute atomic E-state index is 0.0518. The number of carbonyl (C=O) groups is 1. The van der Waals surface area contributed by atoms with Gasteiger partial charge in [-0.3, -0.25) is 4.79 Å². The van der Waals surface area contributed by atoms with E-state index in [-0.39, 0.29) is 11.9 Å². The molecule has 1 heterocycles. The first-order valence-corrected chi connectivity index (χ1v) is 7.30. The summed E-state index contributed by atoms with van der Waals surface area (Å²) in [5, 5.41) is 0. The van der Waals surface area contributed by atoms with E-state index in [1.807, 2.05) is 4.90 Å². The number of piperidine rings is 1. The van der Waals surface area contributed by atoms with Crippen molar-refractivity contribution in [3.05, 3.63) is 17.7 Å². The Morgan fingerprint density at radius 2 is 2.00 bits per heavy atom. The molecule has 1 fully saturated rings. The number of likely N-dealkylation sites (tertiary alicyclic amines) is 1. The molecule has 5 heteroatoms. The number of hydrogen-bond acceptors (Lipinski definition) is 4. The predicted molar refractivity (Wildman–Crippen MR) is 82.9 cm³/mol. The summed E-state index contributed by atoms with van der Waals surface area (Å²) in [4.78, 5) is 14.7. The van der Waals surface area contributed by atoms with Crippen LogP contribution in [0.25, 0.3) is 0 Å². The Labute approximate surface area is 126 Å². The number of carbonyl (C=O) groups excluding carboxylic acids is 1. The Bertz CT molecular complexity index is 530. The van der Waals surface area contributed by atoms with Gasteiger partial charge in [0.1, 0.15) is 11.5 Å². The van der Waals surface area contributed by atoms with Gasteiger partial charge >= 0.3 is 0 Å². The van der Waals surface area contributed by atoms with Crippen LogP contribution in [0.3, 0.4) is 0 Å². The van der Waals surface area contributed by atoms with Crippen molar-refractivity contribution in [2.24, 2.45) is 5.92 Å². The molecule has 0 aliphatic carbocycles. The number of rotatable bonds is 3. The number of ether oxygens (including phenoxy) is 2. The zero-order valence-corrected chi connectivity index (χ0v) is 13.2. The molecule has 0 aromatic heterocycles. The lowest BCUT2D eigenvalue weighted by molar-refractivity contribution is 0.0589. The number of hydrogen-bond donors (Lipinski definition) is 1. The highest BCUT2D eigenvalue weighted by molar-refractivity contribution is 6.01.